The summed E-state index contributed by atoms with van der Waals surface area (Å²) in [7, 11) is 0. The lowest BCUT2D eigenvalue weighted by Gasteiger charge is -2.09. The van der Waals surface area contributed by atoms with Gasteiger partial charge >= 0.3 is 0 Å². The molecule has 16 heavy (non-hydrogen) atoms. The Morgan fingerprint density at radius 1 is 1.50 bits per heavy atom. The van der Waals surface area contributed by atoms with Crippen LogP contribution in [0.15, 0.2) is 22.7 Å². The molecule has 1 atom stereocenters. The fourth-order valence-corrected chi connectivity index (χ4v) is 1.69. The van der Waals surface area contributed by atoms with Gasteiger partial charge in [0.15, 0.2) is 0 Å². The van der Waals surface area contributed by atoms with Gasteiger partial charge in [0, 0.05) is 16.6 Å². The normalized spacial score (nSPS) is 12.8. The molecule has 0 saturated heterocycles. The summed E-state index contributed by atoms with van der Waals surface area (Å²) in [5.74, 6) is -0.210. The zero-order valence-corrected chi connectivity index (χ0v) is 10.9. The minimum Gasteiger partial charge on any atom is -0.393 e. The fourth-order valence-electron chi connectivity index (χ4n) is 1.36. The summed E-state index contributed by atoms with van der Waals surface area (Å²) in [5.41, 5.74) is 0.647. The quantitative estimate of drug-likeness (QED) is 0.790. The maximum atomic E-state index is 13.4. The Morgan fingerprint density at radius 2 is 2.25 bits per heavy atom. The SMILES string of the molecule is CCC(O)CCNCc1ccc(Br)cc1F. The van der Waals surface area contributed by atoms with Gasteiger partial charge in [0.25, 0.3) is 0 Å². The van der Waals surface area contributed by atoms with E-state index in [2.05, 4.69) is 21.2 Å². The lowest BCUT2D eigenvalue weighted by molar-refractivity contribution is 0.159. The zero-order valence-electron chi connectivity index (χ0n) is 9.34. The van der Waals surface area contributed by atoms with Crippen molar-refractivity contribution in [3.8, 4) is 0 Å². The van der Waals surface area contributed by atoms with Crippen LogP contribution in [0.25, 0.3) is 0 Å². The van der Waals surface area contributed by atoms with Crippen molar-refractivity contribution in [2.24, 2.45) is 0 Å². The molecule has 0 aromatic heterocycles. The average Bonchev–Trinajstić information content (AvgIpc) is 2.26. The molecular weight excluding hydrogens is 273 g/mol. The number of rotatable bonds is 6. The standard InChI is InChI=1S/C12H17BrFNO/c1-2-11(16)5-6-15-8-9-3-4-10(13)7-12(9)14/h3-4,7,11,15-16H,2,5-6,8H2,1H3. The highest BCUT2D eigenvalue weighted by Crippen LogP contribution is 2.14. The predicted molar refractivity (Wildman–Crippen MR) is 66.7 cm³/mol. The Hall–Kier alpha value is -0.450. The molecule has 0 aliphatic carbocycles. The van der Waals surface area contributed by atoms with Gasteiger partial charge in [0.2, 0.25) is 0 Å². The van der Waals surface area contributed by atoms with Crippen molar-refractivity contribution in [1.29, 1.82) is 0 Å². The minimum absolute atomic E-state index is 0.210. The number of aliphatic hydroxyl groups is 1. The number of nitrogens with one attached hydrogen (secondary N) is 1. The van der Waals surface area contributed by atoms with E-state index >= 15 is 0 Å². The van der Waals surface area contributed by atoms with Crippen molar-refractivity contribution in [2.75, 3.05) is 6.54 Å². The summed E-state index contributed by atoms with van der Waals surface area (Å²) in [5, 5.41) is 12.4. The Kier molecular flexibility index (Phi) is 5.95. The third kappa shape index (κ3) is 4.60. The van der Waals surface area contributed by atoms with E-state index in [9.17, 15) is 9.50 Å². The van der Waals surface area contributed by atoms with Gasteiger partial charge in [0.1, 0.15) is 5.82 Å². The van der Waals surface area contributed by atoms with Crippen LogP contribution in [0.1, 0.15) is 25.3 Å². The second kappa shape index (κ2) is 6.99. The summed E-state index contributed by atoms with van der Waals surface area (Å²) < 4.78 is 14.1. The third-order valence-electron chi connectivity index (χ3n) is 2.46. The molecule has 0 bridgehead atoms. The lowest BCUT2D eigenvalue weighted by atomic mass is 10.2. The number of hydrogen-bond acceptors (Lipinski definition) is 2. The first kappa shape index (κ1) is 13.6. The van der Waals surface area contributed by atoms with Crippen LogP contribution in [0.5, 0.6) is 0 Å². The van der Waals surface area contributed by atoms with Gasteiger partial charge in [0.05, 0.1) is 6.10 Å². The van der Waals surface area contributed by atoms with Crippen LogP contribution in [0, 0.1) is 5.82 Å². The molecule has 1 rings (SSSR count). The summed E-state index contributed by atoms with van der Waals surface area (Å²) in [6, 6.07) is 5.03. The van der Waals surface area contributed by atoms with E-state index in [4.69, 9.17) is 0 Å². The monoisotopic (exact) mass is 289 g/mol. The maximum Gasteiger partial charge on any atom is 0.128 e. The molecule has 1 aromatic carbocycles. The highest BCUT2D eigenvalue weighted by atomic mass is 79.9. The zero-order chi connectivity index (χ0) is 12.0. The first-order valence-corrected chi connectivity index (χ1v) is 6.25. The third-order valence-corrected chi connectivity index (χ3v) is 2.95. The summed E-state index contributed by atoms with van der Waals surface area (Å²) in [6.07, 6.45) is 1.20. The highest BCUT2D eigenvalue weighted by molar-refractivity contribution is 9.10. The molecule has 0 aliphatic heterocycles. The van der Waals surface area contributed by atoms with Crippen molar-refractivity contribution in [3.63, 3.8) is 0 Å². The lowest BCUT2D eigenvalue weighted by Crippen LogP contribution is -2.20. The molecule has 1 unspecified atom stereocenters. The first-order chi connectivity index (χ1) is 7.63. The number of benzene rings is 1. The van der Waals surface area contributed by atoms with Gasteiger partial charge in [-0.05, 0) is 31.5 Å². The molecule has 0 heterocycles. The molecule has 0 spiro atoms. The molecule has 0 aliphatic rings. The van der Waals surface area contributed by atoms with E-state index in [1.165, 1.54) is 6.07 Å². The van der Waals surface area contributed by atoms with E-state index in [-0.39, 0.29) is 11.9 Å². The molecule has 0 saturated carbocycles. The molecule has 0 radical (unpaired) electrons. The Morgan fingerprint density at radius 3 is 2.88 bits per heavy atom. The number of aliphatic hydroxyl groups excluding tert-OH is 1. The fraction of sp³-hybridized carbons (Fsp3) is 0.500. The van der Waals surface area contributed by atoms with E-state index in [1.54, 1.807) is 6.07 Å². The van der Waals surface area contributed by atoms with Crippen LogP contribution in [-0.4, -0.2) is 17.8 Å². The van der Waals surface area contributed by atoms with Crippen molar-refractivity contribution < 1.29 is 9.50 Å². The molecule has 1 aromatic rings. The molecule has 4 heteroatoms. The molecule has 0 amide bonds. The van der Waals surface area contributed by atoms with Crippen molar-refractivity contribution in [1.82, 2.24) is 5.32 Å². The van der Waals surface area contributed by atoms with E-state index in [0.29, 0.717) is 25.1 Å². The van der Waals surface area contributed by atoms with Crippen LogP contribution in [-0.2, 0) is 6.54 Å². The smallest absolute Gasteiger partial charge is 0.128 e. The summed E-state index contributed by atoms with van der Waals surface area (Å²) >= 11 is 3.21. The van der Waals surface area contributed by atoms with Gasteiger partial charge in [-0.15, -0.1) is 0 Å². The van der Waals surface area contributed by atoms with Crippen molar-refractivity contribution >= 4 is 15.9 Å². The van der Waals surface area contributed by atoms with Gasteiger partial charge in [-0.3, -0.25) is 0 Å². The molecular formula is C12H17BrFNO. The van der Waals surface area contributed by atoms with Crippen LogP contribution >= 0.6 is 15.9 Å². The van der Waals surface area contributed by atoms with Crippen LogP contribution in [0.2, 0.25) is 0 Å². The average molecular weight is 290 g/mol. The van der Waals surface area contributed by atoms with Crippen molar-refractivity contribution in [3.05, 3.63) is 34.1 Å². The van der Waals surface area contributed by atoms with Gasteiger partial charge in [-0.25, -0.2) is 4.39 Å². The van der Waals surface area contributed by atoms with Crippen molar-refractivity contribution in [2.45, 2.75) is 32.4 Å². The Balaban J connectivity index is 2.32. The predicted octanol–water partition coefficient (Wildman–Crippen LogP) is 2.84. The van der Waals surface area contributed by atoms with E-state index in [1.807, 2.05) is 13.0 Å². The molecule has 90 valence electrons. The second-order valence-corrected chi connectivity index (χ2v) is 4.68. The summed E-state index contributed by atoms with van der Waals surface area (Å²) in [6.45, 7) is 3.14. The second-order valence-electron chi connectivity index (χ2n) is 3.76. The van der Waals surface area contributed by atoms with Gasteiger partial charge < -0.3 is 10.4 Å². The van der Waals surface area contributed by atoms with Crippen LogP contribution < -0.4 is 5.32 Å². The Labute approximate surface area is 104 Å². The first-order valence-electron chi connectivity index (χ1n) is 5.46. The summed E-state index contributed by atoms with van der Waals surface area (Å²) in [4.78, 5) is 0. The minimum atomic E-state index is -0.262. The van der Waals surface area contributed by atoms with E-state index in [0.717, 1.165) is 10.9 Å². The maximum absolute atomic E-state index is 13.4. The van der Waals surface area contributed by atoms with Crippen LogP contribution in [0.4, 0.5) is 4.39 Å². The topological polar surface area (TPSA) is 32.3 Å². The molecule has 0 fully saturated rings. The van der Waals surface area contributed by atoms with Gasteiger partial charge in [-0.2, -0.15) is 0 Å². The molecule has 2 nitrogen and oxygen atoms in total. The largest absolute Gasteiger partial charge is 0.393 e. The molecule has 2 N–H and O–H groups in total. The van der Waals surface area contributed by atoms with Crippen LogP contribution in [0.3, 0.4) is 0 Å². The number of halogens is 2. The Bertz CT molecular complexity index is 333. The van der Waals surface area contributed by atoms with Gasteiger partial charge in [-0.1, -0.05) is 28.9 Å². The number of hydrogen-bond donors (Lipinski definition) is 2. The van der Waals surface area contributed by atoms with E-state index < -0.39 is 0 Å². The highest BCUT2D eigenvalue weighted by Gasteiger charge is 2.03.